The maximum Gasteiger partial charge on any atom is 0.267 e. The van der Waals surface area contributed by atoms with Crippen molar-refractivity contribution >= 4 is 11.6 Å². The van der Waals surface area contributed by atoms with Crippen LogP contribution in [0.2, 0.25) is 0 Å². The molecule has 0 aliphatic rings. The average Bonchev–Trinajstić information content (AvgIpc) is 2.84. The van der Waals surface area contributed by atoms with Crippen molar-refractivity contribution in [1.29, 1.82) is 0 Å². The van der Waals surface area contributed by atoms with Crippen LogP contribution in [0.1, 0.15) is 16.8 Å². The standard InChI is InChI=1S/C15H18N4O3/c1-9(11-5-4-6-12(7-11)22-3)16-18-14(20)8-13-10(2)17-19-15(13)21/h4-7,16H,1,8H2,2-3H3,(H,18,20)(H2,17,19,21). The molecule has 2 rings (SSSR count). The average molecular weight is 302 g/mol. The molecule has 0 aliphatic heterocycles. The molecule has 0 saturated carbocycles. The van der Waals surface area contributed by atoms with Gasteiger partial charge < -0.3 is 9.84 Å². The fourth-order valence-electron chi connectivity index (χ4n) is 1.92. The Kier molecular flexibility index (Phi) is 4.67. The van der Waals surface area contributed by atoms with E-state index in [0.717, 1.165) is 5.56 Å². The van der Waals surface area contributed by atoms with E-state index in [4.69, 9.17) is 4.74 Å². The highest BCUT2D eigenvalue weighted by molar-refractivity contribution is 5.79. The zero-order valence-electron chi connectivity index (χ0n) is 12.4. The van der Waals surface area contributed by atoms with E-state index < -0.39 is 0 Å². The van der Waals surface area contributed by atoms with Gasteiger partial charge >= 0.3 is 0 Å². The van der Waals surface area contributed by atoms with E-state index in [1.54, 1.807) is 20.1 Å². The van der Waals surface area contributed by atoms with E-state index in [-0.39, 0.29) is 17.9 Å². The minimum absolute atomic E-state index is 0.0247. The third kappa shape index (κ3) is 3.57. The lowest BCUT2D eigenvalue weighted by Gasteiger charge is -2.11. The molecule has 7 heteroatoms. The van der Waals surface area contributed by atoms with E-state index in [1.165, 1.54) is 0 Å². The number of amides is 1. The highest BCUT2D eigenvalue weighted by atomic mass is 16.5. The van der Waals surface area contributed by atoms with Crippen molar-refractivity contribution in [1.82, 2.24) is 21.0 Å². The molecule has 0 aliphatic carbocycles. The number of nitrogens with one attached hydrogen (secondary N) is 4. The number of hydrogen-bond acceptors (Lipinski definition) is 4. The Morgan fingerprint density at radius 3 is 2.73 bits per heavy atom. The summed E-state index contributed by atoms with van der Waals surface area (Å²) in [5.74, 6) is 0.360. The molecule has 2 aromatic rings. The van der Waals surface area contributed by atoms with Gasteiger partial charge in [-0.2, -0.15) is 0 Å². The Balaban J connectivity index is 1.93. The minimum Gasteiger partial charge on any atom is -0.497 e. The quantitative estimate of drug-likeness (QED) is 0.595. The van der Waals surface area contributed by atoms with Crippen LogP contribution in [0.25, 0.3) is 5.70 Å². The predicted octanol–water partition coefficient (Wildman–Crippen LogP) is 0.854. The van der Waals surface area contributed by atoms with Crippen LogP contribution in [0.5, 0.6) is 5.75 Å². The smallest absolute Gasteiger partial charge is 0.267 e. The highest BCUT2D eigenvalue weighted by Gasteiger charge is 2.11. The summed E-state index contributed by atoms with van der Waals surface area (Å²) < 4.78 is 5.13. The lowest BCUT2D eigenvalue weighted by atomic mass is 10.1. The SMILES string of the molecule is C=C(NNC(=O)Cc1c(C)[nH][nH]c1=O)c1cccc(OC)c1. The molecule has 4 N–H and O–H groups in total. The van der Waals surface area contributed by atoms with Crippen molar-refractivity contribution in [3.63, 3.8) is 0 Å². The molecule has 1 aromatic heterocycles. The number of aromatic amines is 2. The van der Waals surface area contributed by atoms with Gasteiger partial charge in [0.2, 0.25) is 5.91 Å². The van der Waals surface area contributed by atoms with Gasteiger partial charge in [0, 0.05) is 16.8 Å². The van der Waals surface area contributed by atoms with Crippen molar-refractivity contribution < 1.29 is 9.53 Å². The second kappa shape index (κ2) is 6.66. The number of ether oxygens (including phenoxy) is 1. The third-order valence-corrected chi connectivity index (χ3v) is 3.20. The van der Waals surface area contributed by atoms with E-state index in [1.807, 2.05) is 18.2 Å². The first kappa shape index (κ1) is 15.4. The van der Waals surface area contributed by atoms with Crippen molar-refractivity contribution in [2.24, 2.45) is 0 Å². The summed E-state index contributed by atoms with van der Waals surface area (Å²) in [7, 11) is 1.58. The van der Waals surface area contributed by atoms with Crippen molar-refractivity contribution in [3.05, 3.63) is 58.0 Å². The monoisotopic (exact) mass is 302 g/mol. The van der Waals surface area contributed by atoms with Gasteiger partial charge in [-0.05, 0) is 19.1 Å². The van der Waals surface area contributed by atoms with Gasteiger partial charge in [0.25, 0.3) is 5.56 Å². The van der Waals surface area contributed by atoms with Crippen LogP contribution < -0.4 is 21.1 Å². The summed E-state index contributed by atoms with van der Waals surface area (Å²) in [4.78, 5) is 23.4. The van der Waals surface area contributed by atoms with E-state index in [9.17, 15) is 9.59 Å². The molecule has 116 valence electrons. The van der Waals surface area contributed by atoms with Crippen LogP contribution in [-0.4, -0.2) is 23.2 Å². The van der Waals surface area contributed by atoms with Crippen molar-refractivity contribution in [2.75, 3.05) is 7.11 Å². The van der Waals surface area contributed by atoms with Gasteiger partial charge in [0.1, 0.15) is 5.75 Å². The van der Waals surface area contributed by atoms with E-state index in [0.29, 0.717) is 22.7 Å². The number of H-pyrrole nitrogens is 2. The Bertz CT molecular complexity index is 745. The summed E-state index contributed by atoms with van der Waals surface area (Å²) in [6.45, 7) is 5.57. The zero-order chi connectivity index (χ0) is 16.1. The second-order valence-electron chi connectivity index (χ2n) is 4.74. The molecule has 0 saturated heterocycles. The van der Waals surface area contributed by atoms with Gasteiger partial charge in [0.15, 0.2) is 0 Å². The first-order valence-electron chi connectivity index (χ1n) is 6.65. The third-order valence-electron chi connectivity index (χ3n) is 3.20. The summed E-state index contributed by atoms with van der Waals surface area (Å²) in [5, 5.41) is 5.11. The summed E-state index contributed by atoms with van der Waals surface area (Å²) >= 11 is 0. The summed E-state index contributed by atoms with van der Waals surface area (Å²) in [6.07, 6.45) is -0.0247. The summed E-state index contributed by atoms with van der Waals surface area (Å²) in [6, 6.07) is 7.27. The zero-order valence-corrected chi connectivity index (χ0v) is 12.4. The van der Waals surface area contributed by atoms with Crippen LogP contribution in [0, 0.1) is 6.92 Å². The van der Waals surface area contributed by atoms with Crippen LogP contribution in [-0.2, 0) is 11.2 Å². The van der Waals surface area contributed by atoms with E-state index in [2.05, 4.69) is 27.6 Å². The molecule has 0 unspecified atom stereocenters. The maximum absolute atomic E-state index is 11.9. The first-order chi connectivity index (χ1) is 10.5. The molecule has 0 bridgehead atoms. The van der Waals surface area contributed by atoms with Crippen molar-refractivity contribution in [3.8, 4) is 5.75 Å². The predicted molar refractivity (Wildman–Crippen MR) is 83.2 cm³/mol. The number of hydrogen-bond donors (Lipinski definition) is 4. The van der Waals surface area contributed by atoms with Gasteiger partial charge in [-0.3, -0.25) is 25.5 Å². The Morgan fingerprint density at radius 2 is 2.09 bits per heavy atom. The lowest BCUT2D eigenvalue weighted by molar-refractivity contribution is -0.121. The van der Waals surface area contributed by atoms with Crippen LogP contribution in [0.15, 0.2) is 35.6 Å². The van der Waals surface area contributed by atoms with Crippen LogP contribution in [0.4, 0.5) is 0 Å². The number of rotatable bonds is 6. The number of aromatic nitrogens is 2. The molecule has 0 spiro atoms. The van der Waals surface area contributed by atoms with E-state index >= 15 is 0 Å². The van der Waals surface area contributed by atoms with Gasteiger partial charge in [-0.15, -0.1) is 0 Å². The van der Waals surface area contributed by atoms with Crippen molar-refractivity contribution in [2.45, 2.75) is 13.3 Å². The van der Waals surface area contributed by atoms with Crippen LogP contribution in [0.3, 0.4) is 0 Å². The molecular formula is C15H18N4O3. The molecular weight excluding hydrogens is 284 g/mol. The molecule has 0 fully saturated rings. The topological polar surface area (TPSA) is 99.0 Å². The molecule has 7 nitrogen and oxygen atoms in total. The largest absolute Gasteiger partial charge is 0.497 e. The number of hydrazine groups is 1. The molecule has 0 radical (unpaired) electrons. The molecule has 1 aromatic carbocycles. The highest BCUT2D eigenvalue weighted by Crippen LogP contribution is 2.16. The number of benzene rings is 1. The Labute approximate surface area is 127 Å². The van der Waals surface area contributed by atoms with Gasteiger partial charge in [-0.25, -0.2) is 0 Å². The minimum atomic E-state index is -0.336. The van der Waals surface area contributed by atoms with Gasteiger partial charge in [0.05, 0.1) is 19.2 Å². The molecule has 0 atom stereocenters. The first-order valence-corrected chi connectivity index (χ1v) is 6.65. The number of carbonyl (C=O) groups is 1. The summed E-state index contributed by atoms with van der Waals surface area (Å²) in [5.41, 5.74) is 7.31. The molecule has 1 heterocycles. The fourth-order valence-corrected chi connectivity index (χ4v) is 1.92. The Morgan fingerprint density at radius 1 is 1.32 bits per heavy atom. The van der Waals surface area contributed by atoms with Crippen LogP contribution >= 0.6 is 0 Å². The lowest BCUT2D eigenvalue weighted by Crippen LogP contribution is -2.37. The Hall–Kier alpha value is -2.96. The fraction of sp³-hybridized carbons (Fsp3) is 0.200. The number of carbonyl (C=O) groups excluding carboxylic acids is 1. The number of methoxy groups -OCH3 is 1. The number of aryl methyl sites for hydroxylation is 1. The normalized spacial score (nSPS) is 10.1. The molecule has 1 amide bonds. The molecule has 22 heavy (non-hydrogen) atoms. The second-order valence-corrected chi connectivity index (χ2v) is 4.74. The maximum atomic E-state index is 11.9. The van der Waals surface area contributed by atoms with Gasteiger partial charge in [-0.1, -0.05) is 18.7 Å².